The average Bonchev–Trinajstić information content (AvgIpc) is 4.00. The van der Waals surface area contributed by atoms with Crippen molar-refractivity contribution in [2.75, 3.05) is 51.8 Å². The highest BCUT2D eigenvalue weighted by atomic mass is 32.2. The van der Waals surface area contributed by atoms with Gasteiger partial charge in [0.1, 0.15) is 31.5 Å². The Morgan fingerprint density at radius 1 is 0.679 bits per heavy atom. The Morgan fingerprint density at radius 2 is 1.12 bits per heavy atom. The quantitative estimate of drug-likeness (QED) is 0.0279. The number of hydrogen-bond donors (Lipinski definition) is 0. The molecule has 2 atom stereocenters. The van der Waals surface area contributed by atoms with Crippen LogP contribution in [-0.2, 0) is 19.1 Å². The highest BCUT2D eigenvalue weighted by Gasteiger charge is 2.28. The number of carbonyl (C=O) groups excluding carboxylic acids is 2. The molecule has 0 radical (unpaired) electrons. The molecule has 0 saturated carbocycles. The molecule has 6 heterocycles. The monoisotopic (exact) mass is 912 g/mol. The fourth-order valence-electron chi connectivity index (χ4n) is 5.73. The maximum Gasteiger partial charge on any atom is 0.418 e. The van der Waals surface area contributed by atoms with Gasteiger partial charge in [0.15, 0.2) is 19.6 Å². The third kappa shape index (κ3) is 13.5. The Bertz CT molecular complexity index is 1810. The number of thioether (sulfide) groups is 4. The van der Waals surface area contributed by atoms with Gasteiger partial charge >= 0.3 is 11.9 Å². The van der Waals surface area contributed by atoms with E-state index in [1.165, 1.54) is 80.8 Å². The lowest BCUT2D eigenvalue weighted by Gasteiger charge is -2.22. The van der Waals surface area contributed by atoms with Crippen molar-refractivity contribution in [1.82, 2.24) is 47.7 Å². The number of hydrogen-bond acceptors (Lipinski definition) is 22. The van der Waals surface area contributed by atoms with Crippen molar-refractivity contribution in [3.8, 4) is 0 Å². The van der Waals surface area contributed by atoms with E-state index < -0.39 is 22.8 Å². The Hall–Kier alpha value is -2.02. The van der Waals surface area contributed by atoms with Gasteiger partial charge in [-0.25, -0.2) is 9.59 Å². The topological polar surface area (TPSA) is 162 Å². The molecule has 56 heavy (non-hydrogen) atoms. The van der Waals surface area contributed by atoms with Crippen LogP contribution in [0.3, 0.4) is 0 Å². The molecule has 0 aliphatic carbocycles. The summed E-state index contributed by atoms with van der Waals surface area (Å²) in [6.07, 6.45) is 10.9. The van der Waals surface area contributed by atoms with E-state index >= 15 is 0 Å². The number of aromatic nitrogens is 8. The van der Waals surface area contributed by atoms with Crippen molar-refractivity contribution in [2.24, 2.45) is 0 Å². The molecule has 0 spiro atoms. The second-order valence-corrected chi connectivity index (χ2v) is 21.5. The number of esters is 2. The van der Waals surface area contributed by atoms with Crippen LogP contribution in [0.25, 0.3) is 11.1 Å². The van der Waals surface area contributed by atoms with Crippen LogP contribution in [0.2, 0.25) is 0 Å². The van der Waals surface area contributed by atoms with Gasteiger partial charge in [0.25, 0.3) is 0 Å². The Kier molecular flexibility index (Phi) is 17.4. The van der Waals surface area contributed by atoms with E-state index in [0.29, 0.717) is 21.5 Å². The van der Waals surface area contributed by atoms with Crippen LogP contribution in [0, 0.1) is 13.8 Å². The Labute approximate surface area is 360 Å². The maximum atomic E-state index is 13.3. The normalized spacial score (nSPS) is 16.4. The fraction of sp³-hybridized carbons (Fsp3) is 0.588. The second kappa shape index (κ2) is 22.4. The Morgan fingerprint density at radius 3 is 1.52 bits per heavy atom. The van der Waals surface area contributed by atoms with Crippen molar-refractivity contribution in [1.29, 1.82) is 0 Å². The minimum Gasteiger partial charge on any atom is -0.442 e. The molecule has 0 bridgehead atoms. The van der Waals surface area contributed by atoms with E-state index in [4.69, 9.17) is 9.47 Å². The zero-order valence-corrected chi connectivity index (χ0v) is 38.1. The molecule has 14 nitrogen and oxygen atoms in total. The second-order valence-electron chi connectivity index (χ2n) is 13.1. The molecule has 6 rings (SSSR count). The molecule has 0 N–H and O–H groups in total. The van der Waals surface area contributed by atoms with Crippen molar-refractivity contribution in [2.45, 2.75) is 94.8 Å². The van der Waals surface area contributed by atoms with Gasteiger partial charge in [0, 0.05) is 26.2 Å². The lowest BCUT2D eigenvalue weighted by Crippen LogP contribution is -2.27. The van der Waals surface area contributed by atoms with E-state index in [9.17, 15) is 9.59 Å². The summed E-state index contributed by atoms with van der Waals surface area (Å²) in [6.45, 7) is 7.60. The number of aryl methyl sites for hydroxylation is 2. The van der Waals surface area contributed by atoms with Crippen molar-refractivity contribution < 1.29 is 19.1 Å². The van der Waals surface area contributed by atoms with Crippen molar-refractivity contribution >= 4 is 116 Å². The lowest BCUT2D eigenvalue weighted by atomic mass is 10.1. The highest BCUT2D eigenvalue weighted by molar-refractivity contribution is 8.01. The molecule has 2 aliphatic heterocycles. The molecule has 0 fully saturated rings. The van der Waals surface area contributed by atoms with Crippen LogP contribution in [0.15, 0.2) is 30.9 Å². The minimum atomic E-state index is -1.03. The van der Waals surface area contributed by atoms with Gasteiger partial charge in [-0.1, -0.05) is 34.8 Å². The smallest absolute Gasteiger partial charge is 0.418 e. The zero-order chi connectivity index (χ0) is 39.3. The summed E-state index contributed by atoms with van der Waals surface area (Å²) >= 11 is 11.3. The van der Waals surface area contributed by atoms with E-state index in [1.807, 2.05) is 13.8 Å². The van der Waals surface area contributed by atoms with E-state index in [0.717, 1.165) is 108 Å². The zero-order valence-electron chi connectivity index (χ0n) is 31.6. The Balaban J connectivity index is 0.990. The molecule has 22 heteroatoms. The predicted molar refractivity (Wildman–Crippen MR) is 230 cm³/mol. The van der Waals surface area contributed by atoms with Crippen molar-refractivity contribution in [3.05, 3.63) is 33.6 Å². The summed E-state index contributed by atoms with van der Waals surface area (Å²) in [5.74, 6) is -0.370. The molecular weight excluding hydrogens is 869 g/mol. The summed E-state index contributed by atoms with van der Waals surface area (Å²) in [7, 11) is 4.24. The number of nitrogens with zero attached hydrogens (tertiary/aromatic N) is 10. The lowest BCUT2D eigenvalue weighted by molar-refractivity contribution is -0.169. The molecule has 0 aromatic carbocycles. The first-order valence-electron chi connectivity index (χ1n) is 18.2. The molecule has 0 amide bonds. The number of carbonyl (C=O) groups is 2. The van der Waals surface area contributed by atoms with Gasteiger partial charge in [-0.3, -0.25) is 0 Å². The highest BCUT2D eigenvalue weighted by Crippen LogP contribution is 2.35. The molecule has 4 aromatic rings. The number of rotatable bonds is 20. The van der Waals surface area contributed by atoms with Crippen LogP contribution in [0.4, 0.5) is 0 Å². The largest absolute Gasteiger partial charge is 0.442 e. The van der Waals surface area contributed by atoms with Crippen molar-refractivity contribution in [3.63, 3.8) is 0 Å². The molecule has 2 unspecified atom stereocenters. The maximum absolute atomic E-state index is 13.3. The third-order valence-corrected chi connectivity index (χ3v) is 16.0. The first-order chi connectivity index (χ1) is 27.2. The fourth-order valence-corrected chi connectivity index (χ4v) is 13.2. The summed E-state index contributed by atoms with van der Waals surface area (Å²) in [5.41, 5.74) is 3.17. The van der Waals surface area contributed by atoms with E-state index in [1.54, 1.807) is 23.5 Å². The third-order valence-electron chi connectivity index (χ3n) is 8.48. The molecule has 4 aromatic heterocycles. The van der Waals surface area contributed by atoms with E-state index in [2.05, 4.69) is 73.9 Å². The SMILES string of the molecule is Cc1nnc(SC(CCCCSc2nsnc2C2=CCCN(C)C2)OC(=O)C(=O)OC(CCCCSc2nsnc2C2=CCCN(C)C2)Sc2nnc(C)s2)s1. The van der Waals surface area contributed by atoms with Gasteiger partial charge in [-0.2, -0.15) is 17.5 Å². The number of ether oxygens (including phenoxy) is 2. The minimum absolute atomic E-state index is 0.533. The van der Waals surface area contributed by atoms with Crippen LogP contribution < -0.4 is 0 Å². The van der Waals surface area contributed by atoms with Crippen LogP contribution in [0.5, 0.6) is 0 Å². The first kappa shape index (κ1) is 43.6. The van der Waals surface area contributed by atoms with Gasteiger partial charge in [-0.05, 0) is 125 Å². The van der Waals surface area contributed by atoms with Gasteiger partial charge < -0.3 is 19.3 Å². The van der Waals surface area contributed by atoms with E-state index in [-0.39, 0.29) is 0 Å². The summed E-state index contributed by atoms with van der Waals surface area (Å²) in [4.78, 5) is 31.1. The summed E-state index contributed by atoms with van der Waals surface area (Å²) in [5, 5.41) is 20.2. The number of likely N-dealkylation sites (N-methyl/N-ethyl adjacent to an activating group) is 2. The number of unbranched alkanes of at least 4 members (excludes halogenated alkanes) is 2. The standard InChI is InChI=1S/C34H44N10O4S8/c1-21-35-37-33(51-21)53-25(13-5-7-17-49-29-27(39-55-41-29)23-11-9-15-43(3)19-23)47-31(45)32(46)48-26(54-34-38-36-22(2)52-34)14-6-8-18-50-30-28(40-56-42-30)24-12-10-16-44(4)20-24/h11-12,25-26H,5-10,13-20H2,1-4H3. The van der Waals surface area contributed by atoms with Gasteiger partial charge in [0.05, 0.1) is 23.5 Å². The average molecular weight is 913 g/mol. The van der Waals surface area contributed by atoms with Gasteiger partial charge in [0.2, 0.25) is 0 Å². The van der Waals surface area contributed by atoms with Gasteiger partial charge in [-0.15, -0.1) is 43.9 Å². The molecule has 302 valence electrons. The van der Waals surface area contributed by atoms with Crippen LogP contribution in [-0.4, -0.2) is 122 Å². The van der Waals surface area contributed by atoms with Crippen LogP contribution in [0.1, 0.15) is 72.8 Å². The summed E-state index contributed by atoms with van der Waals surface area (Å²) in [6, 6.07) is 0. The first-order valence-corrected chi connectivity index (χ1v) is 25.0. The summed E-state index contributed by atoms with van der Waals surface area (Å²) < 4.78 is 31.2. The van der Waals surface area contributed by atoms with Crippen LogP contribution >= 0.6 is 93.2 Å². The molecular formula is C34H44N10O4S8. The predicted octanol–water partition coefficient (Wildman–Crippen LogP) is 7.70. The molecule has 0 saturated heterocycles. The molecule has 2 aliphatic rings.